The highest BCUT2D eigenvalue weighted by atomic mass is 35.5. The zero-order chi connectivity index (χ0) is 11.6. The molecular weight excluding hydrogens is 286 g/mol. The molecule has 0 saturated heterocycles. The number of halogens is 4. The maximum atomic E-state index is 11.4. The number of H-pyrrole nitrogens is 1. The van der Waals surface area contributed by atoms with E-state index in [4.69, 9.17) is 46.4 Å². The van der Waals surface area contributed by atoms with Crippen LogP contribution in [0.5, 0.6) is 0 Å². The number of Topliss-reactive ketones (excluding diaryl/α,β-unsaturated/α-hetero) is 2. The summed E-state index contributed by atoms with van der Waals surface area (Å²) in [7, 11) is 0. The molecule has 0 unspecified atom stereocenters. The highest BCUT2D eigenvalue weighted by molar-refractivity contribution is 6.57. The molecule has 0 atom stereocenters. The fraction of sp³-hybridized carbons (Fsp3) is 0.286. The van der Waals surface area contributed by atoms with Gasteiger partial charge in [-0.2, -0.15) is 0 Å². The lowest BCUT2D eigenvalue weighted by molar-refractivity contribution is 0.0969. The van der Waals surface area contributed by atoms with Crippen molar-refractivity contribution in [3.63, 3.8) is 0 Å². The highest BCUT2D eigenvalue weighted by Crippen LogP contribution is 2.17. The second-order valence-corrected chi connectivity index (χ2v) is 4.65. The summed E-state index contributed by atoms with van der Waals surface area (Å²) in [5.74, 6) is -1.34. The number of carbonyl (C=O) groups excluding carboxylic acids is 2. The molecule has 1 aromatic rings. The summed E-state index contributed by atoms with van der Waals surface area (Å²) < 4.78 is 0. The van der Waals surface area contributed by atoms with E-state index in [1.54, 1.807) is 0 Å². The molecule has 1 rings (SSSR count). The smallest absolute Gasteiger partial charge is 0.216 e. The Morgan fingerprint density at radius 2 is 1.67 bits per heavy atom. The average Bonchev–Trinajstić information content (AvgIpc) is 2.63. The molecule has 0 saturated carbocycles. The fourth-order valence-electron chi connectivity index (χ4n) is 0.881. The molecule has 15 heavy (non-hydrogen) atoms. The van der Waals surface area contributed by atoms with Gasteiger partial charge in [-0.3, -0.25) is 9.59 Å². The molecule has 1 N–H and O–H groups in total. The standard InChI is InChI=1S/C7H4Cl4N2O2/c8-6(9)4(14)2-3(13-1-12-2)5(15)7(10)11/h1,6-7H,(H,12,13). The Morgan fingerprint density at radius 1 is 1.13 bits per heavy atom. The van der Waals surface area contributed by atoms with E-state index in [9.17, 15) is 9.59 Å². The molecular formula is C7H4Cl4N2O2. The van der Waals surface area contributed by atoms with E-state index >= 15 is 0 Å². The fourth-order valence-corrected chi connectivity index (χ4v) is 1.31. The topological polar surface area (TPSA) is 62.8 Å². The van der Waals surface area contributed by atoms with Crippen molar-refractivity contribution in [3.05, 3.63) is 17.7 Å². The van der Waals surface area contributed by atoms with Gasteiger partial charge in [-0.1, -0.05) is 46.4 Å². The van der Waals surface area contributed by atoms with Crippen LogP contribution in [0.15, 0.2) is 6.33 Å². The third-order valence-electron chi connectivity index (χ3n) is 1.52. The zero-order valence-corrected chi connectivity index (χ0v) is 10.0. The lowest BCUT2D eigenvalue weighted by Crippen LogP contribution is -2.17. The van der Waals surface area contributed by atoms with Crippen molar-refractivity contribution in [3.8, 4) is 0 Å². The first-order chi connectivity index (χ1) is 6.95. The molecule has 1 aromatic heterocycles. The van der Waals surface area contributed by atoms with E-state index in [1.165, 1.54) is 0 Å². The van der Waals surface area contributed by atoms with E-state index in [1.807, 2.05) is 0 Å². The van der Waals surface area contributed by atoms with Gasteiger partial charge in [0.2, 0.25) is 11.6 Å². The third-order valence-corrected chi connectivity index (χ3v) is 2.31. The molecule has 1 heterocycles. The van der Waals surface area contributed by atoms with Gasteiger partial charge in [0.1, 0.15) is 11.4 Å². The number of rotatable bonds is 4. The summed E-state index contributed by atoms with van der Waals surface area (Å²) in [5, 5.41) is 0. The maximum Gasteiger partial charge on any atom is 0.216 e. The number of nitrogens with one attached hydrogen (secondary N) is 1. The van der Waals surface area contributed by atoms with E-state index in [0.29, 0.717) is 0 Å². The summed E-state index contributed by atoms with van der Waals surface area (Å²) in [6.45, 7) is 0. The van der Waals surface area contributed by atoms with Crippen molar-refractivity contribution in [2.75, 3.05) is 0 Å². The van der Waals surface area contributed by atoms with Gasteiger partial charge >= 0.3 is 0 Å². The molecule has 8 heteroatoms. The minimum absolute atomic E-state index is 0.0960. The molecule has 0 radical (unpaired) electrons. The second-order valence-electron chi connectivity index (χ2n) is 2.46. The van der Waals surface area contributed by atoms with Crippen molar-refractivity contribution in [2.45, 2.75) is 9.67 Å². The van der Waals surface area contributed by atoms with Gasteiger partial charge in [0.15, 0.2) is 9.67 Å². The minimum atomic E-state index is -1.29. The lowest BCUT2D eigenvalue weighted by Gasteiger charge is -2.01. The Balaban J connectivity index is 3.07. The van der Waals surface area contributed by atoms with E-state index < -0.39 is 21.2 Å². The Kier molecular flexibility index (Phi) is 4.40. The van der Waals surface area contributed by atoms with Crippen LogP contribution in [0.2, 0.25) is 0 Å². The maximum absolute atomic E-state index is 11.4. The summed E-state index contributed by atoms with van der Waals surface area (Å²) in [4.78, 5) is 26.3. The summed E-state index contributed by atoms with van der Waals surface area (Å²) in [6.07, 6.45) is 1.16. The van der Waals surface area contributed by atoms with E-state index in [-0.39, 0.29) is 11.4 Å². The van der Waals surface area contributed by atoms with Crippen LogP contribution < -0.4 is 0 Å². The number of aromatic nitrogens is 2. The first-order valence-corrected chi connectivity index (χ1v) is 5.37. The Hall–Kier alpha value is -0.290. The monoisotopic (exact) mass is 288 g/mol. The number of ketones is 2. The van der Waals surface area contributed by atoms with Crippen molar-refractivity contribution >= 4 is 58.0 Å². The molecule has 0 aliphatic rings. The number of nitrogens with zero attached hydrogens (tertiary/aromatic N) is 1. The van der Waals surface area contributed by atoms with Crippen molar-refractivity contribution in [1.82, 2.24) is 9.97 Å². The predicted molar refractivity (Wildman–Crippen MR) is 58.2 cm³/mol. The number of imidazole rings is 1. The van der Waals surface area contributed by atoms with Crippen LogP contribution in [0.25, 0.3) is 0 Å². The van der Waals surface area contributed by atoms with Crippen molar-refractivity contribution in [2.24, 2.45) is 0 Å². The predicted octanol–water partition coefficient (Wildman–Crippen LogP) is 2.38. The number of hydrogen-bond donors (Lipinski definition) is 1. The van der Waals surface area contributed by atoms with Crippen molar-refractivity contribution < 1.29 is 9.59 Å². The number of carbonyl (C=O) groups is 2. The van der Waals surface area contributed by atoms with Crippen LogP contribution in [-0.4, -0.2) is 31.2 Å². The molecule has 0 aromatic carbocycles. The van der Waals surface area contributed by atoms with Gasteiger partial charge in [-0.05, 0) is 0 Å². The molecule has 0 aliphatic heterocycles. The van der Waals surface area contributed by atoms with E-state index in [0.717, 1.165) is 6.33 Å². The van der Waals surface area contributed by atoms with Crippen LogP contribution in [0.4, 0.5) is 0 Å². The SMILES string of the molecule is O=C(c1nc[nH]c1C(=O)C(Cl)Cl)C(Cl)Cl. The molecule has 82 valence electrons. The second kappa shape index (κ2) is 5.16. The van der Waals surface area contributed by atoms with Gasteiger partial charge < -0.3 is 4.98 Å². The van der Waals surface area contributed by atoms with Crippen LogP contribution in [-0.2, 0) is 0 Å². The Bertz CT molecular complexity index is 354. The first-order valence-electron chi connectivity index (χ1n) is 3.63. The Labute approximate surface area is 105 Å². The van der Waals surface area contributed by atoms with Gasteiger partial charge in [-0.25, -0.2) is 4.98 Å². The summed E-state index contributed by atoms with van der Waals surface area (Å²) in [6, 6.07) is 0. The number of aromatic amines is 1. The molecule has 0 bridgehead atoms. The van der Waals surface area contributed by atoms with Crippen LogP contribution >= 0.6 is 46.4 Å². The van der Waals surface area contributed by atoms with Gasteiger partial charge in [0, 0.05) is 0 Å². The highest BCUT2D eigenvalue weighted by Gasteiger charge is 2.26. The van der Waals surface area contributed by atoms with Crippen LogP contribution in [0.1, 0.15) is 21.0 Å². The number of alkyl halides is 4. The van der Waals surface area contributed by atoms with Gasteiger partial charge in [0.05, 0.1) is 6.33 Å². The first kappa shape index (κ1) is 12.8. The molecule has 0 spiro atoms. The quantitative estimate of drug-likeness (QED) is 0.684. The third kappa shape index (κ3) is 2.84. The van der Waals surface area contributed by atoms with Crippen molar-refractivity contribution in [1.29, 1.82) is 0 Å². The van der Waals surface area contributed by atoms with Gasteiger partial charge in [0.25, 0.3) is 0 Å². The lowest BCUT2D eigenvalue weighted by atomic mass is 10.2. The Morgan fingerprint density at radius 3 is 2.13 bits per heavy atom. The normalized spacial score (nSPS) is 11.1. The largest absolute Gasteiger partial charge is 0.341 e. The summed E-state index contributed by atoms with van der Waals surface area (Å²) >= 11 is 21.5. The van der Waals surface area contributed by atoms with E-state index in [2.05, 4.69) is 9.97 Å². The molecule has 0 aliphatic carbocycles. The molecule has 4 nitrogen and oxygen atoms in total. The molecule has 0 amide bonds. The average molecular weight is 290 g/mol. The molecule has 0 fully saturated rings. The summed E-state index contributed by atoms with van der Waals surface area (Å²) in [5.41, 5.74) is -0.261. The van der Waals surface area contributed by atoms with Gasteiger partial charge in [-0.15, -0.1) is 0 Å². The number of hydrogen-bond acceptors (Lipinski definition) is 3. The zero-order valence-electron chi connectivity index (χ0n) is 7.01. The van der Waals surface area contributed by atoms with Crippen LogP contribution in [0, 0.1) is 0 Å². The van der Waals surface area contributed by atoms with Crippen LogP contribution in [0.3, 0.4) is 0 Å². The minimum Gasteiger partial charge on any atom is -0.341 e.